The number of alkyl halides is 6. The van der Waals surface area contributed by atoms with Crippen LogP contribution < -0.4 is 0 Å². The summed E-state index contributed by atoms with van der Waals surface area (Å²) in [6.45, 7) is 0. The van der Waals surface area contributed by atoms with Crippen LogP contribution in [0.1, 0.15) is 45.4 Å². The van der Waals surface area contributed by atoms with Crippen LogP contribution in [-0.2, 0) is 16.9 Å². The van der Waals surface area contributed by atoms with Crippen LogP contribution in [0.25, 0.3) is 16.7 Å². The third kappa shape index (κ3) is 3.86. The van der Waals surface area contributed by atoms with Crippen molar-refractivity contribution in [3.05, 3.63) is 98.1 Å². The van der Waals surface area contributed by atoms with Gasteiger partial charge in [-0.25, -0.2) is 0 Å². The molecule has 0 aromatic heterocycles. The lowest BCUT2D eigenvalue weighted by Crippen LogP contribution is -2.26. The number of hydrogen-bond acceptors (Lipinski definition) is 8. The van der Waals surface area contributed by atoms with Crippen LogP contribution >= 0.6 is 0 Å². The Hall–Kier alpha value is -7.04. The molecule has 0 amide bonds. The number of halogens is 6. The zero-order chi connectivity index (χ0) is 37.8. The molecule has 7 rings (SSSR count). The molecule has 15 heteroatoms. The molecule has 4 atom stereocenters. The predicted octanol–water partition coefficient (Wildman–Crippen LogP) is 6.66. The molecule has 4 aliphatic carbocycles. The maximum atomic E-state index is 13.8. The summed E-state index contributed by atoms with van der Waals surface area (Å²) in [7, 11) is -0.220. The number of benzene rings is 2. The lowest BCUT2D eigenvalue weighted by atomic mass is 9.74. The number of allylic oxidation sites excluding steroid dienone is 8. The second-order valence-corrected chi connectivity index (χ2v) is 13.0. The Labute approximate surface area is 291 Å². The topological polar surface area (TPSA) is 190 Å². The van der Waals surface area contributed by atoms with E-state index in [0.29, 0.717) is 6.07 Å². The molecule has 2 fully saturated rings. The minimum atomic E-state index is -4.90. The van der Waals surface area contributed by atoms with Gasteiger partial charge in [0.1, 0.15) is 17.5 Å². The number of nitriles is 8. The van der Waals surface area contributed by atoms with Crippen molar-refractivity contribution < 1.29 is 26.3 Å². The number of hydrogen-bond donors (Lipinski definition) is 0. The maximum absolute atomic E-state index is 13.8. The number of rotatable bonds is 2. The van der Waals surface area contributed by atoms with E-state index in [1.54, 1.807) is 6.07 Å². The first kappa shape index (κ1) is 33.5. The van der Waals surface area contributed by atoms with Crippen LogP contribution in [0.2, 0.25) is 5.31 Å². The highest BCUT2D eigenvalue weighted by Gasteiger charge is 2.77. The summed E-state index contributed by atoms with van der Waals surface area (Å²) in [5.74, 6) is -4.37. The van der Waals surface area contributed by atoms with E-state index in [-0.39, 0.29) is 63.0 Å². The average Bonchev–Trinajstić information content (AvgIpc) is 3.93. The second-order valence-electron chi connectivity index (χ2n) is 13.0. The van der Waals surface area contributed by atoms with Gasteiger partial charge in [0.15, 0.2) is 7.28 Å². The molecule has 1 aliphatic heterocycles. The van der Waals surface area contributed by atoms with E-state index < -0.39 is 69.3 Å². The fourth-order valence-electron chi connectivity index (χ4n) is 8.67. The minimum absolute atomic E-state index is 0.0120. The molecule has 1 heterocycles. The van der Waals surface area contributed by atoms with Crippen LogP contribution in [0.15, 0.2) is 59.2 Å². The molecule has 0 radical (unpaired) electrons. The second kappa shape index (κ2) is 10.5. The first-order chi connectivity index (χ1) is 24.6. The van der Waals surface area contributed by atoms with Crippen LogP contribution in [0.3, 0.4) is 0 Å². The Morgan fingerprint density at radius 2 is 1.33 bits per heavy atom. The van der Waals surface area contributed by atoms with Crippen molar-refractivity contribution in [2.45, 2.75) is 34.8 Å². The molecule has 1 saturated heterocycles. The zero-order valence-electron chi connectivity index (χ0n) is 26.0. The average molecular weight is 694 g/mol. The summed E-state index contributed by atoms with van der Waals surface area (Å²) < 4.78 is 82.6. The van der Waals surface area contributed by atoms with Gasteiger partial charge in [0, 0.05) is 10.9 Å². The van der Waals surface area contributed by atoms with Gasteiger partial charge in [-0.2, -0.15) is 68.4 Å². The van der Waals surface area contributed by atoms with Crippen molar-refractivity contribution in [1.82, 2.24) is 0 Å². The zero-order valence-corrected chi connectivity index (χ0v) is 26.0. The smallest absolute Gasteiger partial charge is 0.198 e. The van der Waals surface area contributed by atoms with E-state index in [1.807, 2.05) is 24.3 Å². The Morgan fingerprint density at radius 1 is 0.712 bits per heavy atom. The molecule has 2 aromatic carbocycles. The van der Waals surface area contributed by atoms with Crippen molar-refractivity contribution in [2.75, 3.05) is 0 Å². The van der Waals surface area contributed by atoms with E-state index in [4.69, 9.17) is 0 Å². The highest BCUT2D eigenvalue weighted by atomic mass is 19.4. The van der Waals surface area contributed by atoms with Crippen molar-refractivity contribution >= 4 is 24.0 Å². The van der Waals surface area contributed by atoms with Gasteiger partial charge in [-0.1, -0.05) is 18.2 Å². The van der Waals surface area contributed by atoms with Crippen molar-refractivity contribution in [2.24, 2.45) is 17.8 Å². The molecule has 52 heavy (non-hydrogen) atoms. The third-order valence-electron chi connectivity index (χ3n) is 11.0. The SMILES string of the molecule is N#CC1=CC(C2=C(C#N)c3cc4c(cc3C23C(C#N)C3C#N)C2(BC2(C#N)C#N)C(c2ccc(C(F)(F)F)c(C#N)c2)=C4C#N)=CCC1C(F)(F)F. The lowest BCUT2D eigenvalue weighted by molar-refractivity contribution is -0.162. The summed E-state index contributed by atoms with van der Waals surface area (Å²) in [6, 6.07) is 20.7. The minimum Gasteiger partial charge on any atom is -0.198 e. The van der Waals surface area contributed by atoms with E-state index in [2.05, 4.69) is 12.1 Å². The van der Waals surface area contributed by atoms with Crippen LogP contribution in [0.4, 0.5) is 26.3 Å². The summed E-state index contributed by atoms with van der Waals surface area (Å²) >= 11 is 0. The van der Waals surface area contributed by atoms with Gasteiger partial charge in [-0.05, 0) is 75.2 Å². The molecule has 1 saturated carbocycles. The predicted molar refractivity (Wildman–Crippen MR) is 166 cm³/mol. The van der Waals surface area contributed by atoms with Crippen molar-refractivity contribution in [3.63, 3.8) is 0 Å². The van der Waals surface area contributed by atoms with E-state index >= 15 is 0 Å². The molecular formula is C37H13BF6N8. The Balaban J connectivity index is 1.53. The van der Waals surface area contributed by atoms with Crippen molar-refractivity contribution in [3.8, 4) is 48.6 Å². The molecule has 0 bridgehead atoms. The molecule has 2 aromatic rings. The first-order valence-electron chi connectivity index (χ1n) is 15.3. The first-order valence-corrected chi connectivity index (χ1v) is 15.3. The van der Waals surface area contributed by atoms with Gasteiger partial charge in [0.2, 0.25) is 0 Å². The Bertz CT molecular complexity index is 2550. The Morgan fingerprint density at radius 3 is 1.83 bits per heavy atom. The van der Waals surface area contributed by atoms with E-state index in [1.165, 1.54) is 24.3 Å². The largest absolute Gasteiger partial charge is 0.417 e. The van der Waals surface area contributed by atoms with Gasteiger partial charge < -0.3 is 0 Å². The normalized spacial score (nSPS) is 27.2. The number of fused-ring (bicyclic) bond motifs is 4. The maximum Gasteiger partial charge on any atom is 0.417 e. The molecule has 0 N–H and O–H groups in total. The summed E-state index contributed by atoms with van der Waals surface area (Å²) in [5.41, 5.74) is -3.83. The van der Waals surface area contributed by atoms with Crippen LogP contribution in [0.5, 0.6) is 0 Å². The summed E-state index contributed by atoms with van der Waals surface area (Å²) in [5, 5.41) is 78.1. The van der Waals surface area contributed by atoms with Gasteiger partial charge in [-0.3, -0.25) is 0 Å². The van der Waals surface area contributed by atoms with E-state index in [0.717, 1.165) is 18.2 Å². The highest BCUT2D eigenvalue weighted by Crippen LogP contribution is 2.76. The Kier molecular flexibility index (Phi) is 6.75. The van der Waals surface area contributed by atoms with Gasteiger partial charge in [-0.15, -0.1) is 0 Å². The fourth-order valence-corrected chi connectivity index (χ4v) is 8.67. The quantitative estimate of drug-likeness (QED) is 0.246. The standard InChI is InChI=1S/C37H13BF6N8/c39-36(40,41)25-3-1-17(5-19(25)9-45)31-23(11-47)21-7-22-24(12-48)32(18-2-4-26(37(42,43)44)20(6-18)10-46)35(33(15-51,16-52)38-35)28(22)8-27(21)34(31)29(13-49)30(34)14-50/h1-2,4-8,25,29-30,38H,3H2. The van der Waals surface area contributed by atoms with Gasteiger partial charge in [0.25, 0.3) is 0 Å². The van der Waals surface area contributed by atoms with Crippen LogP contribution in [-0.4, -0.2) is 13.5 Å². The summed E-state index contributed by atoms with van der Waals surface area (Å²) in [4.78, 5) is 0. The molecule has 246 valence electrons. The third-order valence-corrected chi connectivity index (χ3v) is 11.0. The molecule has 4 unspecified atom stereocenters. The van der Waals surface area contributed by atoms with Gasteiger partial charge >= 0.3 is 12.4 Å². The van der Waals surface area contributed by atoms with Crippen molar-refractivity contribution in [1.29, 1.82) is 42.1 Å². The lowest BCUT2D eigenvalue weighted by Gasteiger charge is -2.25. The van der Waals surface area contributed by atoms with Gasteiger partial charge in [0.05, 0.1) is 81.9 Å². The number of nitrogens with zero attached hydrogens (tertiary/aromatic N) is 8. The highest BCUT2D eigenvalue weighted by molar-refractivity contribution is 6.68. The molecule has 8 nitrogen and oxygen atoms in total. The molecule has 5 aliphatic rings. The monoisotopic (exact) mass is 694 g/mol. The van der Waals surface area contributed by atoms with E-state index in [9.17, 15) is 68.4 Å². The molecular weight excluding hydrogens is 681 g/mol. The summed E-state index contributed by atoms with van der Waals surface area (Å²) in [6.07, 6.45) is -8.13. The molecule has 2 spiro atoms. The van der Waals surface area contributed by atoms with Crippen LogP contribution in [0, 0.1) is 108 Å². The fraction of sp³-hybridized carbons (Fsp3) is 0.243.